The maximum absolute atomic E-state index is 11.8. The van der Waals surface area contributed by atoms with E-state index in [1.165, 1.54) is 5.56 Å². The van der Waals surface area contributed by atoms with Gasteiger partial charge in [0.2, 0.25) is 0 Å². The van der Waals surface area contributed by atoms with E-state index in [0.29, 0.717) is 18.6 Å². The summed E-state index contributed by atoms with van der Waals surface area (Å²) < 4.78 is 5.48. The lowest BCUT2D eigenvalue weighted by atomic mass is 10.0. The van der Waals surface area contributed by atoms with Crippen LogP contribution in [0, 0.1) is 0 Å². The van der Waals surface area contributed by atoms with Crippen molar-refractivity contribution in [3.05, 3.63) is 35.4 Å². The lowest BCUT2D eigenvalue weighted by molar-refractivity contribution is -0.120. The maximum atomic E-state index is 11.8. The molecule has 1 aromatic carbocycles. The van der Waals surface area contributed by atoms with Crippen molar-refractivity contribution in [2.24, 2.45) is 0 Å². The van der Waals surface area contributed by atoms with E-state index in [9.17, 15) is 4.79 Å². The molecule has 1 aliphatic heterocycles. The fourth-order valence-corrected chi connectivity index (χ4v) is 2.25. The van der Waals surface area contributed by atoms with Crippen LogP contribution < -0.4 is 0 Å². The van der Waals surface area contributed by atoms with Crippen LogP contribution in [0.25, 0.3) is 0 Å². The minimum absolute atomic E-state index is 0.178. The number of hydrogen-bond acceptors (Lipinski definition) is 2. The lowest BCUT2D eigenvalue weighted by Gasteiger charge is -2.08. The Kier molecular flexibility index (Phi) is 4.32. The van der Waals surface area contributed by atoms with E-state index in [-0.39, 0.29) is 6.10 Å². The van der Waals surface area contributed by atoms with Crippen LogP contribution in [0.3, 0.4) is 0 Å². The lowest BCUT2D eigenvalue weighted by Crippen LogP contribution is -2.14. The molecule has 1 aromatic rings. The molecule has 1 unspecified atom stereocenters. The SMILES string of the molecule is CCc1ccc(CC(=O)CC2CCCO2)cc1. The van der Waals surface area contributed by atoms with Gasteiger partial charge in [-0.05, 0) is 30.4 Å². The molecule has 0 aromatic heterocycles. The molecule has 2 nitrogen and oxygen atoms in total. The quantitative estimate of drug-likeness (QED) is 0.780. The first-order valence-corrected chi connectivity index (χ1v) is 6.49. The van der Waals surface area contributed by atoms with Crippen molar-refractivity contribution in [1.82, 2.24) is 0 Å². The zero-order valence-corrected chi connectivity index (χ0v) is 10.4. The molecule has 0 amide bonds. The summed E-state index contributed by atoms with van der Waals surface area (Å²) in [6.07, 6.45) is 4.49. The fraction of sp³-hybridized carbons (Fsp3) is 0.533. The van der Waals surface area contributed by atoms with Crippen molar-refractivity contribution >= 4 is 5.78 Å². The highest BCUT2D eigenvalue weighted by molar-refractivity contribution is 5.81. The first-order valence-electron chi connectivity index (χ1n) is 6.49. The van der Waals surface area contributed by atoms with Gasteiger partial charge in [-0.1, -0.05) is 31.2 Å². The monoisotopic (exact) mass is 232 g/mol. The molecule has 0 radical (unpaired) electrons. The van der Waals surface area contributed by atoms with E-state index in [4.69, 9.17) is 4.74 Å². The predicted octanol–water partition coefficient (Wildman–Crippen LogP) is 2.93. The molecule has 0 spiro atoms. The summed E-state index contributed by atoms with van der Waals surface area (Å²) in [5.74, 6) is 0.293. The van der Waals surface area contributed by atoms with Gasteiger partial charge in [0.05, 0.1) is 6.10 Å². The number of ether oxygens (including phenoxy) is 1. The van der Waals surface area contributed by atoms with Crippen molar-refractivity contribution in [3.8, 4) is 0 Å². The third kappa shape index (κ3) is 3.67. The summed E-state index contributed by atoms with van der Waals surface area (Å²) in [4.78, 5) is 11.8. The number of carbonyl (C=O) groups excluding carboxylic acids is 1. The average molecular weight is 232 g/mol. The third-order valence-corrected chi connectivity index (χ3v) is 3.31. The second-order valence-electron chi connectivity index (χ2n) is 4.72. The van der Waals surface area contributed by atoms with Crippen LogP contribution in [0.4, 0.5) is 0 Å². The van der Waals surface area contributed by atoms with Gasteiger partial charge in [-0.25, -0.2) is 0 Å². The van der Waals surface area contributed by atoms with Gasteiger partial charge in [0.15, 0.2) is 0 Å². The molecular weight excluding hydrogens is 212 g/mol. The maximum Gasteiger partial charge on any atom is 0.139 e. The van der Waals surface area contributed by atoms with Gasteiger partial charge in [0.1, 0.15) is 5.78 Å². The van der Waals surface area contributed by atoms with Gasteiger partial charge in [0, 0.05) is 19.4 Å². The van der Waals surface area contributed by atoms with Crippen LogP contribution in [0.2, 0.25) is 0 Å². The number of ketones is 1. The van der Waals surface area contributed by atoms with Crippen LogP contribution in [0.1, 0.15) is 37.3 Å². The fourth-order valence-electron chi connectivity index (χ4n) is 2.25. The summed E-state index contributed by atoms with van der Waals surface area (Å²) in [6, 6.07) is 8.34. The number of carbonyl (C=O) groups is 1. The summed E-state index contributed by atoms with van der Waals surface area (Å²) in [6.45, 7) is 2.96. The number of Topliss-reactive ketones (excluding diaryl/α,β-unsaturated/α-hetero) is 1. The Labute approximate surface area is 103 Å². The van der Waals surface area contributed by atoms with Crippen LogP contribution >= 0.6 is 0 Å². The molecule has 1 fully saturated rings. The first-order chi connectivity index (χ1) is 8.28. The smallest absolute Gasteiger partial charge is 0.139 e. The summed E-state index contributed by atoms with van der Waals surface area (Å²) in [7, 11) is 0. The van der Waals surface area contributed by atoms with Crippen LogP contribution in [-0.2, 0) is 22.4 Å². The van der Waals surface area contributed by atoms with Crippen LogP contribution in [0.15, 0.2) is 24.3 Å². The third-order valence-electron chi connectivity index (χ3n) is 3.31. The van der Waals surface area contributed by atoms with Crippen LogP contribution in [-0.4, -0.2) is 18.5 Å². The number of rotatable bonds is 5. The minimum Gasteiger partial charge on any atom is -0.378 e. The Morgan fingerprint density at radius 2 is 2.00 bits per heavy atom. The van der Waals surface area contributed by atoms with Gasteiger partial charge >= 0.3 is 0 Å². The second-order valence-corrected chi connectivity index (χ2v) is 4.72. The highest BCUT2D eigenvalue weighted by Crippen LogP contribution is 2.16. The van der Waals surface area contributed by atoms with Crippen molar-refractivity contribution in [3.63, 3.8) is 0 Å². The Balaban J connectivity index is 1.84. The molecule has 0 aliphatic carbocycles. The predicted molar refractivity (Wildman–Crippen MR) is 68.1 cm³/mol. The van der Waals surface area contributed by atoms with Gasteiger partial charge in [0.25, 0.3) is 0 Å². The van der Waals surface area contributed by atoms with E-state index < -0.39 is 0 Å². The summed E-state index contributed by atoms with van der Waals surface area (Å²) in [5, 5.41) is 0. The molecule has 17 heavy (non-hydrogen) atoms. The van der Waals surface area contributed by atoms with Gasteiger partial charge in [-0.3, -0.25) is 4.79 Å². The Morgan fingerprint density at radius 1 is 1.29 bits per heavy atom. The molecule has 0 N–H and O–H groups in total. The van der Waals surface area contributed by atoms with Gasteiger partial charge < -0.3 is 4.74 Å². The molecule has 1 atom stereocenters. The Morgan fingerprint density at radius 3 is 2.59 bits per heavy atom. The van der Waals surface area contributed by atoms with E-state index in [0.717, 1.165) is 31.4 Å². The molecule has 2 heteroatoms. The van der Waals surface area contributed by atoms with Gasteiger partial charge in [-0.15, -0.1) is 0 Å². The first kappa shape index (κ1) is 12.3. The number of hydrogen-bond donors (Lipinski definition) is 0. The zero-order valence-electron chi connectivity index (χ0n) is 10.4. The summed E-state index contributed by atoms with van der Waals surface area (Å²) in [5.41, 5.74) is 2.44. The largest absolute Gasteiger partial charge is 0.378 e. The topological polar surface area (TPSA) is 26.3 Å². The molecule has 1 aliphatic rings. The normalized spacial score (nSPS) is 19.5. The average Bonchev–Trinajstić information content (AvgIpc) is 2.82. The standard InChI is InChI=1S/C15H20O2/c1-2-12-5-7-13(8-6-12)10-14(16)11-15-4-3-9-17-15/h5-8,15H,2-4,9-11H2,1H3. The molecule has 0 bridgehead atoms. The molecule has 1 saturated heterocycles. The van der Waals surface area contributed by atoms with Crippen molar-refractivity contribution in [2.45, 2.75) is 45.1 Å². The zero-order chi connectivity index (χ0) is 12.1. The van der Waals surface area contributed by atoms with E-state index in [1.807, 2.05) is 0 Å². The minimum atomic E-state index is 0.178. The van der Waals surface area contributed by atoms with E-state index in [2.05, 4.69) is 31.2 Å². The Hall–Kier alpha value is -1.15. The van der Waals surface area contributed by atoms with Crippen molar-refractivity contribution in [2.75, 3.05) is 6.61 Å². The molecule has 92 valence electrons. The number of benzene rings is 1. The highest BCUT2D eigenvalue weighted by Gasteiger charge is 2.18. The summed E-state index contributed by atoms with van der Waals surface area (Å²) >= 11 is 0. The molecule has 0 saturated carbocycles. The highest BCUT2D eigenvalue weighted by atomic mass is 16.5. The molecular formula is C15H20O2. The molecule has 1 heterocycles. The van der Waals surface area contributed by atoms with Gasteiger partial charge in [-0.2, -0.15) is 0 Å². The Bertz CT molecular complexity index is 361. The van der Waals surface area contributed by atoms with E-state index >= 15 is 0 Å². The number of aryl methyl sites for hydroxylation is 1. The van der Waals surface area contributed by atoms with E-state index in [1.54, 1.807) is 0 Å². The van der Waals surface area contributed by atoms with Crippen molar-refractivity contribution < 1.29 is 9.53 Å². The second kappa shape index (κ2) is 5.97. The van der Waals surface area contributed by atoms with Crippen molar-refractivity contribution in [1.29, 1.82) is 0 Å². The van der Waals surface area contributed by atoms with Crippen LogP contribution in [0.5, 0.6) is 0 Å². The molecule has 2 rings (SSSR count).